The molecule has 0 saturated carbocycles. The predicted molar refractivity (Wildman–Crippen MR) is 91.9 cm³/mol. The van der Waals surface area contributed by atoms with Crippen LogP contribution in [-0.2, 0) is 19.1 Å². The molecule has 1 N–H and O–H groups in total. The maximum Gasteiger partial charge on any atom is 0.333 e. The van der Waals surface area contributed by atoms with Gasteiger partial charge in [0, 0.05) is 16.6 Å². The van der Waals surface area contributed by atoms with Crippen LogP contribution in [0.4, 0.5) is 0 Å². The van der Waals surface area contributed by atoms with Crippen molar-refractivity contribution in [1.82, 2.24) is 0 Å². The molecule has 0 unspecified atom stereocenters. The lowest BCUT2D eigenvalue weighted by Crippen LogP contribution is -2.25. The Balaban J connectivity index is 0. The molecule has 23 heavy (non-hydrogen) atoms. The van der Waals surface area contributed by atoms with E-state index in [9.17, 15) is 9.59 Å². The first-order chi connectivity index (χ1) is 10.2. The molecule has 0 aromatic heterocycles. The molecule has 0 bridgehead atoms. The average Bonchev–Trinajstić information content (AvgIpc) is 2.41. The molecule has 0 atom stereocenters. The first-order valence-corrected chi connectivity index (χ1v) is 7.48. The largest absolute Gasteiger partial charge is 0.462 e. The molecule has 0 rings (SSSR count). The SMILES string of the molecule is C=C(C)C(=O)OCC(C)(C)C.C=C(C)C(=O)OCC(C)(C)CO. The summed E-state index contributed by atoms with van der Waals surface area (Å²) >= 11 is 0. The van der Waals surface area contributed by atoms with Crippen LogP contribution in [0, 0.1) is 10.8 Å². The lowest BCUT2D eigenvalue weighted by atomic mass is 9.97. The molecule has 0 spiro atoms. The van der Waals surface area contributed by atoms with Gasteiger partial charge in [-0.1, -0.05) is 47.8 Å². The van der Waals surface area contributed by atoms with E-state index in [1.165, 1.54) is 0 Å². The summed E-state index contributed by atoms with van der Waals surface area (Å²) in [7, 11) is 0. The van der Waals surface area contributed by atoms with Gasteiger partial charge in [-0.2, -0.15) is 0 Å². The van der Waals surface area contributed by atoms with E-state index < -0.39 is 5.97 Å². The Labute approximate surface area is 140 Å². The van der Waals surface area contributed by atoms with Gasteiger partial charge >= 0.3 is 11.9 Å². The summed E-state index contributed by atoms with van der Waals surface area (Å²) in [5.41, 5.74) is 0.494. The second kappa shape index (κ2) is 10.2. The summed E-state index contributed by atoms with van der Waals surface area (Å²) in [6.07, 6.45) is 0. The molecular formula is C18H32O5. The van der Waals surface area contributed by atoms with Crippen molar-refractivity contribution in [2.75, 3.05) is 19.8 Å². The van der Waals surface area contributed by atoms with Crippen LogP contribution in [0.2, 0.25) is 0 Å². The highest BCUT2D eigenvalue weighted by Crippen LogP contribution is 2.14. The van der Waals surface area contributed by atoms with E-state index >= 15 is 0 Å². The van der Waals surface area contributed by atoms with Gasteiger partial charge in [-0.05, 0) is 19.3 Å². The molecule has 0 radical (unpaired) electrons. The Morgan fingerprint density at radius 3 is 1.48 bits per heavy atom. The number of esters is 2. The van der Waals surface area contributed by atoms with Gasteiger partial charge in [0.15, 0.2) is 0 Å². The zero-order valence-electron chi connectivity index (χ0n) is 15.6. The fourth-order valence-corrected chi connectivity index (χ4v) is 0.835. The average molecular weight is 328 g/mol. The van der Waals surface area contributed by atoms with Gasteiger partial charge in [0.25, 0.3) is 0 Å². The van der Waals surface area contributed by atoms with Gasteiger partial charge < -0.3 is 14.6 Å². The molecule has 0 aliphatic heterocycles. The summed E-state index contributed by atoms with van der Waals surface area (Å²) in [4.78, 5) is 21.8. The molecule has 134 valence electrons. The molecule has 5 heteroatoms. The van der Waals surface area contributed by atoms with Crippen molar-refractivity contribution in [3.05, 3.63) is 24.3 Å². The summed E-state index contributed by atoms with van der Waals surface area (Å²) < 4.78 is 9.79. The molecule has 0 amide bonds. The number of aliphatic hydroxyl groups excluding tert-OH is 1. The molecule has 0 aromatic rings. The van der Waals surface area contributed by atoms with Crippen LogP contribution in [0.25, 0.3) is 0 Å². The van der Waals surface area contributed by atoms with Crippen molar-refractivity contribution in [1.29, 1.82) is 0 Å². The monoisotopic (exact) mass is 328 g/mol. The Kier molecular flexibility index (Phi) is 10.5. The maximum atomic E-state index is 10.9. The number of ether oxygens (including phenoxy) is 2. The first-order valence-electron chi connectivity index (χ1n) is 7.48. The van der Waals surface area contributed by atoms with Gasteiger partial charge in [0.05, 0.1) is 19.8 Å². The molecule has 0 aliphatic rings. The molecule has 0 saturated heterocycles. The number of rotatable bonds is 6. The summed E-state index contributed by atoms with van der Waals surface area (Å²) in [6.45, 7) is 20.5. The quantitative estimate of drug-likeness (QED) is 0.598. The lowest BCUT2D eigenvalue weighted by molar-refractivity contribution is -0.143. The van der Waals surface area contributed by atoms with E-state index in [2.05, 4.69) is 13.2 Å². The molecule has 5 nitrogen and oxygen atoms in total. The van der Waals surface area contributed by atoms with Gasteiger partial charge in [-0.25, -0.2) is 9.59 Å². The number of hydrogen-bond donors (Lipinski definition) is 1. The third-order valence-corrected chi connectivity index (χ3v) is 2.36. The maximum absolute atomic E-state index is 10.9. The number of aliphatic hydroxyl groups is 1. The van der Waals surface area contributed by atoms with E-state index in [4.69, 9.17) is 14.6 Å². The zero-order valence-corrected chi connectivity index (χ0v) is 15.6. The Bertz CT molecular complexity index is 427. The standard InChI is InChI=1S/C9H16O3.C9H16O2/c1-7(2)8(11)12-6-9(3,4)5-10;1-7(2)8(10)11-6-9(3,4)5/h10H,1,5-6H2,2-4H3;1,6H2,2-5H3. The number of hydrogen-bond acceptors (Lipinski definition) is 5. The Morgan fingerprint density at radius 1 is 0.870 bits per heavy atom. The van der Waals surface area contributed by atoms with Crippen molar-refractivity contribution in [2.24, 2.45) is 10.8 Å². The highest BCUT2D eigenvalue weighted by atomic mass is 16.5. The van der Waals surface area contributed by atoms with Gasteiger partial charge in [-0.3, -0.25) is 0 Å². The van der Waals surface area contributed by atoms with Crippen molar-refractivity contribution in [3.63, 3.8) is 0 Å². The van der Waals surface area contributed by atoms with E-state index in [1.54, 1.807) is 13.8 Å². The summed E-state index contributed by atoms with van der Waals surface area (Å²) in [5, 5.41) is 8.83. The summed E-state index contributed by atoms with van der Waals surface area (Å²) in [5.74, 6) is -0.712. The third kappa shape index (κ3) is 15.1. The first kappa shape index (κ1) is 23.6. The molecule has 0 aliphatic carbocycles. The molecule has 0 aromatic carbocycles. The highest BCUT2D eigenvalue weighted by Gasteiger charge is 2.19. The molecule has 0 heterocycles. The smallest absolute Gasteiger partial charge is 0.333 e. The highest BCUT2D eigenvalue weighted by molar-refractivity contribution is 5.87. The number of carbonyl (C=O) groups is 2. The van der Waals surface area contributed by atoms with Crippen LogP contribution >= 0.6 is 0 Å². The van der Waals surface area contributed by atoms with E-state index in [0.717, 1.165) is 0 Å². The van der Waals surface area contributed by atoms with Crippen molar-refractivity contribution >= 4 is 11.9 Å². The van der Waals surface area contributed by atoms with E-state index in [1.807, 2.05) is 34.6 Å². The van der Waals surface area contributed by atoms with Crippen molar-refractivity contribution in [3.8, 4) is 0 Å². The summed E-state index contributed by atoms with van der Waals surface area (Å²) in [6, 6.07) is 0. The van der Waals surface area contributed by atoms with E-state index in [-0.39, 0.29) is 30.0 Å². The predicted octanol–water partition coefficient (Wildman–Crippen LogP) is 3.28. The van der Waals surface area contributed by atoms with Crippen LogP contribution in [0.5, 0.6) is 0 Å². The minimum atomic E-state index is -0.406. The minimum absolute atomic E-state index is 0.00350. The fourth-order valence-electron chi connectivity index (χ4n) is 0.835. The van der Waals surface area contributed by atoms with Crippen molar-refractivity contribution < 1.29 is 24.2 Å². The third-order valence-electron chi connectivity index (χ3n) is 2.36. The van der Waals surface area contributed by atoms with Gasteiger partial charge in [0.1, 0.15) is 0 Å². The lowest BCUT2D eigenvalue weighted by Gasteiger charge is -2.20. The second-order valence-electron chi connectivity index (χ2n) is 7.60. The fraction of sp³-hybridized carbons (Fsp3) is 0.667. The zero-order chi connectivity index (χ0) is 18.8. The van der Waals surface area contributed by atoms with Crippen LogP contribution < -0.4 is 0 Å². The van der Waals surface area contributed by atoms with Gasteiger partial charge in [0.2, 0.25) is 0 Å². The second-order valence-corrected chi connectivity index (χ2v) is 7.60. The van der Waals surface area contributed by atoms with Crippen LogP contribution in [0.15, 0.2) is 24.3 Å². The van der Waals surface area contributed by atoms with E-state index in [0.29, 0.717) is 17.8 Å². The Morgan fingerprint density at radius 2 is 1.22 bits per heavy atom. The normalized spacial score (nSPS) is 11.0. The van der Waals surface area contributed by atoms with Crippen LogP contribution in [0.1, 0.15) is 48.5 Å². The van der Waals surface area contributed by atoms with Crippen LogP contribution in [0.3, 0.4) is 0 Å². The molecular weight excluding hydrogens is 296 g/mol. The van der Waals surface area contributed by atoms with Gasteiger partial charge in [-0.15, -0.1) is 0 Å². The Hall–Kier alpha value is -1.62. The van der Waals surface area contributed by atoms with Crippen LogP contribution in [-0.4, -0.2) is 36.9 Å². The molecule has 0 fully saturated rings. The number of carbonyl (C=O) groups excluding carboxylic acids is 2. The van der Waals surface area contributed by atoms with Crippen molar-refractivity contribution in [2.45, 2.75) is 48.5 Å². The topological polar surface area (TPSA) is 72.8 Å². The minimum Gasteiger partial charge on any atom is -0.462 e.